The van der Waals surface area contributed by atoms with Gasteiger partial charge in [0, 0.05) is 6.54 Å². The Kier molecular flexibility index (Phi) is 5.47. The van der Waals surface area contributed by atoms with Crippen LogP contribution in [0.3, 0.4) is 0 Å². The van der Waals surface area contributed by atoms with E-state index in [1.54, 1.807) is 0 Å². The molecule has 3 nitrogen and oxygen atoms in total. The zero-order chi connectivity index (χ0) is 11.1. The zero-order valence-electron chi connectivity index (χ0n) is 8.83. The molecule has 0 heterocycles. The van der Waals surface area contributed by atoms with Gasteiger partial charge in [0.2, 0.25) is 0 Å². The Hall–Kier alpha value is -0.770. The van der Waals surface area contributed by atoms with E-state index in [9.17, 15) is 0 Å². The first-order valence-corrected chi connectivity index (χ1v) is 5.28. The van der Waals surface area contributed by atoms with Crippen molar-refractivity contribution < 1.29 is 9.47 Å². The van der Waals surface area contributed by atoms with Gasteiger partial charge in [-0.15, -0.1) is 0 Å². The van der Waals surface area contributed by atoms with Gasteiger partial charge in [0.15, 0.2) is 0 Å². The fourth-order valence-electron chi connectivity index (χ4n) is 1.12. The van der Waals surface area contributed by atoms with Crippen molar-refractivity contribution in [3.05, 3.63) is 28.8 Å². The SMILES string of the molecule is Cc1ccc(OCCOCCN)c(Cl)c1. The second-order valence-corrected chi connectivity index (χ2v) is 3.59. The van der Waals surface area contributed by atoms with Gasteiger partial charge < -0.3 is 15.2 Å². The third kappa shape index (κ3) is 4.51. The smallest absolute Gasteiger partial charge is 0.138 e. The number of hydrogen-bond acceptors (Lipinski definition) is 3. The Morgan fingerprint density at radius 3 is 2.73 bits per heavy atom. The standard InChI is InChI=1S/C11H16ClNO2/c1-9-2-3-11(10(12)8-9)15-7-6-14-5-4-13/h2-3,8H,4-7,13H2,1H3. The van der Waals surface area contributed by atoms with Crippen LogP contribution in [0, 0.1) is 6.92 Å². The summed E-state index contributed by atoms with van der Waals surface area (Å²) < 4.78 is 10.6. The molecular formula is C11H16ClNO2. The van der Waals surface area contributed by atoms with Gasteiger partial charge >= 0.3 is 0 Å². The normalized spacial score (nSPS) is 10.3. The van der Waals surface area contributed by atoms with E-state index in [0.717, 1.165) is 5.56 Å². The maximum atomic E-state index is 5.98. The van der Waals surface area contributed by atoms with Gasteiger partial charge in [-0.05, 0) is 24.6 Å². The first kappa shape index (κ1) is 12.3. The highest BCUT2D eigenvalue weighted by atomic mass is 35.5. The van der Waals surface area contributed by atoms with Crippen LogP contribution in [0.15, 0.2) is 18.2 Å². The number of rotatable bonds is 6. The Morgan fingerprint density at radius 1 is 1.27 bits per heavy atom. The monoisotopic (exact) mass is 229 g/mol. The summed E-state index contributed by atoms with van der Waals surface area (Å²) in [7, 11) is 0. The lowest BCUT2D eigenvalue weighted by molar-refractivity contribution is 0.106. The molecule has 4 heteroatoms. The molecule has 0 aliphatic carbocycles. The average Bonchev–Trinajstić information content (AvgIpc) is 2.20. The molecule has 0 spiro atoms. The summed E-state index contributed by atoms with van der Waals surface area (Å²) in [6.45, 7) is 4.10. The summed E-state index contributed by atoms with van der Waals surface area (Å²) >= 11 is 5.98. The van der Waals surface area contributed by atoms with Crippen LogP contribution in [0.25, 0.3) is 0 Å². The molecule has 15 heavy (non-hydrogen) atoms. The van der Waals surface area contributed by atoms with Crippen LogP contribution < -0.4 is 10.5 Å². The number of hydrogen-bond donors (Lipinski definition) is 1. The van der Waals surface area contributed by atoms with Crippen LogP contribution in [0.4, 0.5) is 0 Å². The predicted molar refractivity (Wildman–Crippen MR) is 61.6 cm³/mol. The van der Waals surface area contributed by atoms with Crippen molar-refractivity contribution in [2.75, 3.05) is 26.4 Å². The molecule has 0 atom stereocenters. The van der Waals surface area contributed by atoms with E-state index in [-0.39, 0.29) is 0 Å². The van der Waals surface area contributed by atoms with Crippen LogP contribution in [-0.4, -0.2) is 26.4 Å². The van der Waals surface area contributed by atoms with Crippen LogP contribution in [-0.2, 0) is 4.74 Å². The molecule has 0 aromatic heterocycles. The molecule has 0 fully saturated rings. The molecule has 84 valence electrons. The van der Waals surface area contributed by atoms with E-state index in [2.05, 4.69) is 0 Å². The van der Waals surface area contributed by atoms with E-state index in [4.69, 9.17) is 26.8 Å². The van der Waals surface area contributed by atoms with Crippen LogP contribution in [0.1, 0.15) is 5.56 Å². The first-order valence-electron chi connectivity index (χ1n) is 4.91. The van der Waals surface area contributed by atoms with Crippen molar-refractivity contribution in [1.82, 2.24) is 0 Å². The lowest BCUT2D eigenvalue weighted by Gasteiger charge is -2.08. The van der Waals surface area contributed by atoms with Gasteiger partial charge in [0.1, 0.15) is 12.4 Å². The Bertz CT molecular complexity index is 305. The molecule has 1 aromatic carbocycles. The third-order valence-corrected chi connectivity index (χ3v) is 2.13. The van der Waals surface area contributed by atoms with Gasteiger partial charge in [-0.3, -0.25) is 0 Å². The minimum atomic E-state index is 0.489. The van der Waals surface area contributed by atoms with Gasteiger partial charge in [0.25, 0.3) is 0 Å². The molecule has 0 aliphatic rings. The van der Waals surface area contributed by atoms with E-state index < -0.39 is 0 Å². The molecule has 0 radical (unpaired) electrons. The van der Waals surface area contributed by atoms with Crippen LogP contribution >= 0.6 is 11.6 Å². The van der Waals surface area contributed by atoms with Crippen molar-refractivity contribution in [1.29, 1.82) is 0 Å². The number of benzene rings is 1. The molecule has 0 amide bonds. The fraction of sp³-hybridized carbons (Fsp3) is 0.455. The van der Waals surface area contributed by atoms with Crippen molar-refractivity contribution in [2.45, 2.75) is 6.92 Å². The molecule has 0 bridgehead atoms. The quantitative estimate of drug-likeness (QED) is 0.759. The minimum absolute atomic E-state index is 0.489. The van der Waals surface area contributed by atoms with Crippen molar-refractivity contribution in [3.63, 3.8) is 0 Å². The summed E-state index contributed by atoms with van der Waals surface area (Å²) in [5, 5.41) is 0.633. The fourth-order valence-corrected chi connectivity index (χ4v) is 1.41. The highest BCUT2D eigenvalue weighted by molar-refractivity contribution is 6.32. The van der Waals surface area contributed by atoms with Crippen LogP contribution in [0.2, 0.25) is 5.02 Å². The minimum Gasteiger partial charge on any atom is -0.490 e. The predicted octanol–water partition coefficient (Wildman–Crippen LogP) is 2.00. The molecule has 0 saturated carbocycles. The molecule has 1 aromatic rings. The largest absolute Gasteiger partial charge is 0.490 e. The van der Waals surface area contributed by atoms with E-state index in [0.29, 0.717) is 37.1 Å². The third-order valence-electron chi connectivity index (χ3n) is 1.83. The first-order chi connectivity index (χ1) is 7.24. The van der Waals surface area contributed by atoms with Crippen molar-refractivity contribution >= 4 is 11.6 Å². The number of nitrogens with two attached hydrogens (primary N) is 1. The maximum absolute atomic E-state index is 5.98. The molecule has 0 aliphatic heterocycles. The summed E-state index contributed by atoms with van der Waals surface area (Å²) in [4.78, 5) is 0. The zero-order valence-corrected chi connectivity index (χ0v) is 9.59. The highest BCUT2D eigenvalue weighted by Crippen LogP contribution is 2.24. The van der Waals surface area contributed by atoms with Crippen molar-refractivity contribution in [3.8, 4) is 5.75 Å². The summed E-state index contributed by atoms with van der Waals surface area (Å²) in [6, 6.07) is 5.69. The molecule has 2 N–H and O–H groups in total. The van der Waals surface area contributed by atoms with Gasteiger partial charge in [0.05, 0.1) is 18.2 Å². The van der Waals surface area contributed by atoms with Crippen LogP contribution in [0.5, 0.6) is 5.75 Å². The van der Waals surface area contributed by atoms with E-state index >= 15 is 0 Å². The second kappa shape index (κ2) is 6.67. The maximum Gasteiger partial charge on any atom is 0.138 e. The highest BCUT2D eigenvalue weighted by Gasteiger charge is 2.00. The molecule has 0 saturated heterocycles. The lowest BCUT2D eigenvalue weighted by Crippen LogP contribution is -2.13. The number of ether oxygens (including phenoxy) is 2. The van der Waals surface area contributed by atoms with Gasteiger partial charge in [-0.2, -0.15) is 0 Å². The lowest BCUT2D eigenvalue weighted by atomic mass is 10.2. The molecule has 1 rings (SSSR count). The molecule has 0 unspecified atom stereocenters. The number of aryl methyl sites for hydroxylation is 1. The van der Waals surface area contributed by atoms with E-state index in [1.165, 1.54) is 0 Å². The van der Waals surface area contributed by atoms with E-state index in [1.807, 2.05) is 25.1 Å². The summed E-state index contributed by atoms with van der Waals surface area (Å²) in [5.41, 5.74) is 6.39. The van der Waals surface area contributed by atoms with Crippen molar-refractivity contribution in [2.24, 2.45) is 5.73 Å². The Morgan fingerprint density at radius 2 is 2.07 bits per heavy atom. The molecular weight excluding hydrogens is 214 g/mol. The average molecular weight is 230 g/mol. The summed E-state index contributed by atoms with van der Waals surface area (Å²) in [6.07, 6.45) is 0. The second-order valence-electron chi connectivity index (χ2n) is 3.18. The topological polar surface area (TPSA) is 44.5 Å². The Labute approximate surface area is 95.1 Å². The van der Waals surface area contributed by atoms with Gasteiger partial charge in [-0.25, -0.2) is 0 Å². The summed E-state index contributed by atoms with van der Waals surface area (Å²) in [5.74, 6) is 0.693. The number of halogens is 1. The Balaban J connectivity index is 2.31. The van der Waals surface area contributed by atoms with Gasteiger partial charge in [-0.1, -0.05) is 17.7 Å².